The SMILES string of the molecule is CC(N)CCNC(=O)c1sccc1S(=O)(=O)N1CCOCC1.Cl. The van der Waals surface area contributed by atoms with Crippen LogP contribution in [0, 0.1) is 0 Å². The van der Waals surface area contributed by atoms with Gasteiger partial charge in [0.2, 0.25) is 10.0 Å². The van der Waals surface area contributed by atoms with Gasteiger partial charge in [0.25, 0.3) is 5.91 Å². The number of amides is 1. The molecule has 0 bridgehead atoms. The maximum atomic E-state index is 12.6. The van der Waals surface area contributed by atoms with Crippen LogP contribution < -0.4 is 11.1 Å². The minimum absolute atomic E-state index is 0. The minimum Gasteiger partial charge on any atom is -0.379 e. The highest BCUT2D eigenvalue weighted by molar-refractivity contribution is 7.89. The summed E-state index contributed by atoms with van der Waals surface area (Å²) >= 11 is 1.13. The summed E-state index contributed by atoms with van der Waals surface area (Å²) in [6.07, 6.45) is 0.642. The van der Waals surface area contributed by atoms with E-state index in [9.17, 15) is 13.2 Å². The van der Waals surface area contributed by atoms with Gasteiger partial charge in [-0.2, -0.15) is 4.31 Å². The Morgan fingerprint density at radius 1 is 1.48 bits per heavy atom. The Hall–Kier alpha value is -0.710. The molecule has 1 aromatic rings. The van der Waals surface area contributed by atoms with Crippen LogP contribution in [0.25, 0.3) is 0 Å². The fourth-order valence-electron chi connectivity index (χ4n) is 2.09. The lowest BCUT2D eigenvalue weighted by Gasteiger charge is -2.26. The number of nitrogens with one attached hydrogen (secondary N) is 1. The van der Waals surface area contributed by atoms with E-state index in [1.807, 2.05) is 6.92 Å². The molecule has 1 aromatic heterocycles. The van der Waals surface area contributed by atoms with Crippen LogP contribution in [-0.4, -0.2) is 57.5 Å². The van der Waals surface area contributed by atoms with Gasteiger partial charge in [-0.25, -0.2) is 8.42 Å². The zero-order valence-corrected chi connectivity index (χ0v) is 15.3. The number of halogens is 1. The first-order valence-corrected chi connectivity index (χ1v) is 9.44. The Labute approximate surface area is 146 Å². The van der Waals surface area contributed by atoms with Gasteiger partial charge < -0.3 is 15.8 Å². The first-order chi connectivity index (χ1) is 10.4. The zero-order valence-electron chi connectivity index (χ0n) is 12.9. The predicted molar refractivity (Wildman–Crippen MR) is 91.7 cm³/mol. The quantitative estimate of drug-likeness (QED) is 0.751. The summed E-state index contributed by atoms with van der Waals surface area (Å²) in [6.45, 7) is 3.64. The fraction of sp³-hybridized carbons (Fsp3) is 0.615. The highest BCUT2D eigenvalue weighted by atomic mass is 35.5. The van der Waals surface area contributed by atoms with Crippen LogP contribution in [0.4, 0.5) is 0 Å². The summed E-state index contributed by atoms with van der Waals surface area (Å²) in [5.41, 5.74) is 5.63. The second kappa shape index (κ2) is 8.95. The molecule has 1 atom stereocenters. The lowest BCUT2D eigenvalue weighted by atomic mass is 10.2. The maximum absolute atomic E-state index is 12.6. The number of thiophene rings is 1. The van der Waals surface area contributed by atoms with E-state index in [1.54, 1.807) is 5.38 Å². The molecule has 0 saturated carbocycles. The third-order valence-electron chi connectivity index (χ3n) is 3.31. The highest BCUT2D eigenvalue weighted by Crippen LogP contribution is 2.25. The third-order valence-corrected chi connectivity index (χ3v) is 6.29. The number of carbonyl (C=O) groups excluding carboxylic acids is 1. The smallest absolute Gasteiger partial charge is 0.262 e. The van der Waals surface area contributed by atoms with Gasteiger partial charge in [0, 0.05) is 25.7 Å². The molecule has 1 aliphatic heterocycles. The van der Waals surface area contributed by atoms with Crippen molar-refractivity contribution in [2.75, 3.05) is 32.8 Å². The molecule has 0 aromatic carbocycles. The van der Waals surface area contributed by atoms with Crippen molar-refractivity contribution in [2.24, 2.45) is 5.73 Å². The van der Waals surface area contributed by atoms with E-state index in [2.05, 4.69) is 5.32 Å². The normalized spacial score (nSPS) is 17.3. The minimum atomic E-state index is -3.66. The van der Waals surface area contributed by atoms with Crippen molar-refractivity contribution in [3.8, 4) is 0 Å². The van der Waals surface area contributed by atoms with Crippen molar-refractivity contribution in [3.05, 3.63) is 16.3 Å². The topological polar surface area (TPSA) is 102 Å². The standard InChI is InChI=1S/C13H21N3O4S2.ClH/c1-10(14)2-4-15-13(17)12-11(3-9-21-12)22(18,19)16-5-7-20-8-6-16;/h3,9-10H,2,4-8,14H2,1H3,(H,15,17);1H. The third kappa shape index (κ3) is 5.13. The van der Waals surface area contributed by atoms with E-state index in [1.165, 1.54) is 10.4 Å². The lowest BCUT2D eigenvalue weighted by Crippen LogP contribution is -2.41. The van der Waals surface area contributed by atoms with E-state index in [0.717, 1.165) is 11.3 Å². The van der Waals surface area contributed by atoms with E-state index in [-0.39, 0.29) is 34.1 Å². The highest BCUT2D eigenvalue weighted by Gasteiger charge is 2.31. The average Bonchev–Trinajstić information content (AvgIpc) is 2.98. The molecule has 10 heteroatoms. The van der Waals surface area contributed by atoms with Crippen molar-refractivity contribution >= 4 is 39.7 Å². The molecule has 0 spiro atoms. The van der Waals surface area contributed by atoms with E-state index in [4.69, 9.17) is 10.5 Å². The molecule has 132 valence electrons. The summed E-state index contributed by atoms with van der Waals surface area (Å²) < 4.78 is 31.8. The molecular weight excluding hydrogens is 362 g/mol. The van der Waals surface area contributed by atoms with Gasteiger partial charge in [-0.15, -0.1) is 23.7 Å². The first-order valence-electron chi connectivity index (χ1n) is 7.12. The molecule has 1 fully saturated rings. The molecular formula is C13H22ClN3O4S2. The number of sulfonamides is 1. The number of morpholine rings is 1. The van der Waals surface area contributed by atoms with Gasteiger partial charge >= 0.3 is 0 Å². The molecule has 1 amide bonds. The van der Waals surface area contributed by atoms with Crippen molar-refractivity contribution in [3.63, 3.8) is 0 Å². The summed E-state index contributed by atoms with van der Waals surface area (Å²) in [5.74, 6) is -0.373. The van der Waals surface area contributed by atoms with Crippen molar-refractivity contribution in [1.29, 1.82) is 0 Å². The van der Waals surface area contributed by atoms with Crippen molar-refractivity contribution in [2.45, 2.75) is 24.3 Å². The van der Waals surface area contributed by atoms with E-state index < -0.39 is 10.0 Å². The summed E-state index contributed by atoms with van der Waals surface area (Å²) in [4.78, 5) is 12.5. The Kier molecular flexibility index (Phi) is 7.91. The molecule has 7 nitrogen and oxygen atoms in total. The van der Waals surface area contributed by atoms with Crippen LogP contribution in [0.5, 0.6) is 0 Å². The van der Waals surface area contributed by atoms with Gasteiger partial charge in [-0.3, -0.25) is 4.79 Å². The second-order valence-electron chi connectivity index (χ2n) is 5.15. The van der Waals surface area contributed by atoms with Crippen molar-refractivity contribution in [1.82, 2.24) is 9.62 Å². The van der Waals surface area contributed by atoms with Gasteiger partial charge in [0.1, 0.15) is 9.77 Å². The molecule has 2 rings (SSSR count). The Bertz CT molecular complexity index is 612. The number of hydrogen-bond acceptors (Lipinski definition) is 6. The monoisotopic (exact) mass is 383 g/mol. The molecule has 0 aliphatic carbocycles. The van der Waals surface area contributed by atoms with Gasteiger partial charge in [0.05, 0.1) is 13.2 Å². The van der Waals surface area contributed by atoms with E-state index >= 15 is 0 Å². The fourth-order valence-corrected chi connectivity index (χ4v) is 4.81. The van der Waals surface area contributed by atoms with Gasteiger partial charge in [-0.05, 0) is 24.8 Å². The molecule has 2 heterocycles. The number of nitrogens with zero attached hydrogens (tertiary/aromatic N) is 1. The largest absolute Gasteiger partial charge is 0.379 e. The van der Waals surface area contributed by atoms with Crippen molar-refractivity contribution < 1.29 is 17.9 Å². The number of nitrogens with two attached hydrogens (primary N) is 1. The van der Waals surface area contributed by atoms with E-state index in [0.29, 0.717) is 39.3 Å². The summed E-state index contributed by atoms with van der Waals surface area (Å²) in [5, 5.41) is 4.33. The number of rotatable bonds is 6. The number of carbonyl (C=O) groups is 1. The lowest BCUT2D eigenvalue weighted by molar-refractivity contribution is 0.0730. The van der Waals surface area contributed by atoms with Crippen LogP contribution in [-0.2, 0) is 14.8 Å². The Morgan fingerprint density at radius 3 is 2.74 bits per heavy atom. The molecule has 3 N–H and O–H groups in total. The molecule has 1 unspecified atom stereocenters. The molecule has 1 aliphatic rings. The van der Waals surface area contributed by atoms with Crippen LogP contribution in [0.1, 0.15) is 23.0 Å². The Balaban J connectivity index is 0.00000264. The summed E-state index contributed by atoms with van der Waals surface area (Å²) in [7, 11) is -3.66. The molecule has 0 radical (unpaired) electrons. The average molecular weight is 384 g/mol. The maximum Gasteiger partial charge on any atom is 0.262 e. The van der Waals surface area contributed by atoms with Gasteiger partial charge in [-0.1, -0.05) is 0 Å². The zero-order chi connectivity index (χ0) is 16.2. The predicted octanol–water partition coefficient (Wildman–Crippen LogP) is 0.658. The second-order valence-corrected chi connectivity index (χ2v) is 7.97. The van der Waals surface area contributed by atoms with Gasteiger partial charge in [0.15, 0.2) is 0 Å². The van der Waals surface area contributed by atoms with Crippen LogP contribution in [0.2, 0.25) is 0 Å². The Morgan fingerprint density at radius 2 is 2.13 bits per heavy atom. The van der Waals surface area contributed by atoms with Crippen LogP contribution >= 0.6 is 23.7 Å². The summed E-state index contributed by atoms with van der Waals surface area (Å²) in [6, 6.07) is 1.47. The number of ether oxygens (including phenoxy) is 1. The van der Waals surface area contributed by atoms with Crippen LogP contribution in [0.15, 0.2) is 16.3 Å². The molecule has 23 heavy (non-hydrogen) atoms. The first kappa shape index (κ1) is 20.3. The number of hydrogen-bond donors (Lipinski definition) is 2. The van der Waals surface area contributed by atoms with Crippen LogP contribution in [0.3, 0.4) is 0 Å². The molecule has 1 saturated heterocycles.